The van der Waals surface area contributed by atoms with Crippen molar-refractivity contribution in [2.75, 3.05) is 5.32 Å². The molecule has 140 valence electrons. The first kappa shape index (κ1) is 19.1. The molecule has 2 N–H and O–H groups in total. The number of carbonyl (C=O) groups is 1. The van der Waals surface area contributed by atoms with Gasteiger partial charge in [-0.15, -0.1) is 0 Å². The largest absolute Gasteiger partial charge is 0.319 e. The molecule has 1 atom stereocenters. The van der Waals surface area contributed by atoms with Crippen molar-refractivity contribution in [2.45, 2.75) is 26.4 Å². The topological polar surface area (TPSA) is 59.0 Å². The van der Waals surface area contributed by atoms with E-state index in [0.29, 0.717) is 22.9 Å². The first-order valence-electron chi connectivity index (χ1n) is 8.83. The predicted octanol–water partition coefficient (Wildman–Crippen LogP) is 4.49. The summed E-state index contributed by atoms with van der Waals surface area (Å²) in [5, 5.41) is 11.1. The maximum atomic E-state index is 12.5. The number of halogens is 1. The van der Waals surface area contributed by atoms with Gasteiger partial charge in [-0.25, -0.2) is 0 Å². The van der Waals surface area contributed by atoms with Crippen LogP contribution in [0.1, 0.15) is 40.3 Å². The van der Waals surface area contributed by atoms with Crippen LogP contribution in [0.2, 0.25) is 5.02 Å². The summed E-state index contributed by atoms with van der Waals surface area (Å²) in [6.07, 6.45) is 0. The normalized spacial score (nSPS) is 12.0. The number of nitrogens with one attached hydrogen (secondary N) is 2. The van der Waals surface area contributed by atoms with Gasteiger partial charge in [0.15, 0.2) is 0 Å². The Bertz CT molecular complexity index is 937. The van der Waals surface area contributed by atoms with Crippen molar-refractivity contribution in [2.24, 2.45) is 7.05 Å². The van der Waals surface area contributed by atoms with E-state index in [1.165, 1.54) is 5.56 Å². The van der Waals surface area contributed by atoms with E-state index in [2.05, 4.69) is 34.8 Å². The summed E-state index contributed by atoms with van der Waals surface area (Å²) in [6, 6.07) is 17.9. The van der Waals surface area contributed by atoms with E-state index >= 15 is 0 Å². The Morgan fingerprint density at radius 1 is 1.19 bits per heavy atom. The van der Waals surface area contributed by atoms with Crippen molar-refractivity contribution in [1.82, 2.24) is 15.1 Å². The molecule has 1 amide bonds. The summed E-state index contributed by atoms with van der Waals surface area (Å²) < 4.78 is 1.56. The number of aryl methyl sites for hydroxylation is 2. The van der Waals surface area contributed by atoms with Crippen LogP contribution < -0.4 is 10.6 Å². The van der Waals surface area contributed by atoms with Gasteiger partial charge in [-0.2, -0.15) is 5.10 Å². The van der Waals surface area contributed by atoms with Crippen LogP contribution in [0.3, 0.4) is 0 Å². The Morgan fingerprint density at radius 3 is 2.59 bits per heavy atom. The molecule has 0 saturated carbocycles. The van der Waals surface area contributed by atoms with E-state index in [0.717, 1.165) is 11.3 Å². The predicted molar refractivity (Wildman–Crippen MR) is 109 cm³/mol. The number of rotatable bonds is 6. The fourth-order valence-electron chi connectivity index (χ4n) is 2.92. The second-order valence-corrected chi connectivity index (χ2v) is 6.98. The minimum Gasteiger partial charge on any atom is -0.319 e. The Hall–Kier alpha value is -2.63. The Balaban J connectivity index is 1.69. The van der Waals surface area contributed by atoms with Crippen molar-refractivity contribution >= 4 is 23.2 Å². The summed E-state index contributed by atoms with van der Waals surface area (Å²) in [6.45, 7) is 4.64. The van der Waals surface area contributed by atoms with Gasteiger partial charge in [0, 0.05) is 19.6 Å². The second kappa shape index (κ2) is 8.37. The summed E-state index contributed by atoms with van der Waals surface area (Å²) in [5.74, 6) is -0.234. The smallest absolute Gasteiger partial charge is 0.273 e. The molecule has 2 aromatic carbocycles. The van der Waals surface area contributed by atoms with Crippen molar-refractivity contribution in [3.8, 4) is 0 Å². The van der Waals surface area contributed by atoms with Gasteiger partial charge in [-0.1, -0.05) is 48.0 Å². The Labute approximate surface area is 164 Å². The third kappa shape index (κ3) is 4.76. The standard InChI is InChI=1S/C21H23ClN4O/c1-14-11-20(26(3)25-14)21(27)24-19-12-16(9-10-18(19)22)13-23-15(2)17-7-5-4-6-8-17/h4-12,15,23H,13H2,1-3H3,(H,24,27). The lowest BCUT2D eigenvalue weighted by molar-refractivity contribution is 0.101. The zero-order chi connectivity index (χ0) is 19.4. The first-order chi connectivity index (χ1) is 12.9. The van der Waals surface area contributed by atoms with Crippen LogP contribution in [0.4, 0.5) is 5.69 Å². The molecule has 0 bridgehead atoms. The highest BCUT2D eigenvalue weighted by Crippen LogP contribution is 2.24. The van der Waals surface area contributed by atoms with Gasteiger partial charge in [0.25, 0.3) is 5.91 Å². The van der Waals surface area contributed by atoms with Crippen LogP contribution >= 0.6 is 11.6 Å². The summed E-state index contributed by atoms with van der Waals surface area (Å²) in [7, 11) is 1.74. The lowest BCUT2D eigenvalue weighted by atomic mass is 10.1. The molecule has 1 unspecified atom stereocenters. The van der Waals surface area contributed by atoms with Gasteiger partial charge >= 0.3 is 0 Å². The molecular weight excluding hydrogens is 360 g/mol. The fraction of sp³-hybridized carbons (Fsp3) is 0.238. The number of carbonyl (C=O) groups excluding carboxylic acids is 1. The lowest BCUT2D eigenvalue weighted by Gasteiger charge is -2.15. The quantitative estimate of drug-likeness (QED) is 0.660. The molecular formula is C21H23ClN4O. The van der Waals surface area contributed by atoms with Crippen molar-refractivity contribution in [3.63, 3.8) is 0 Å². The van der Waals surface area contributed by atoms with Crippen LogP contribution in [0.15, 0.2) is 54.6 Å². The highest BCUT2D eigenvalue weighted by molar-refractivity contribution is 6.33. The fourth-order valence-corrected chi connectivity index (χ4v) is 3.08. The summed E-state index contributed by atoms with van der Waals surface area (Å²) in [4.78, 5) is 12.5. The highest BCUT2D eigenvalue weighted by atomic mass is 35.5. The number of benzene rings is 2. The van der Waals surface area contributed by atoms with Gasteiger partial charge in [-0.3, -0.25) is 9.48 Å². The van der Waals surface area contributed by atoms with Crippen LogP contribution in [-0.2, 0) is 13.6 Å². The van der Waals surface area contributed by atoms with E-state index in [9.17, 15) is 4.79 Å². The molecule has 3 aromatic rings. The van der Waals surface area contributed by atoms with E-state index in [1.54, 1.807) is 23.9 Å². The van der Waals surface area contributed by atoms with Crippen LogP contribution in [0.5, 0.6) is 0 Å². The molecule has 0 aliphatic carbocycles. The van der Waals surface area contributed by atoms with E-state index in [-0.39, 0.29) is 11.9 Å². The number of anilines is 1. The van der Waals surface area contributed by atoms with Crippen LogP contribution in [-0.4, -0.2) is 15.7 Å². The monoisotopic (exact) mass is 382 g/mol. The highest BCUT2D eigenvalue weighted by Gasteiger charge is 2.14. The number of hydrogen-bond donors (Lipinski definition) is 2. The molecule has 1 heterocycles. The molecule has 0 saturated heterocycles. The molecule has 0 fully saturated rings. The van der Waals surface area contributed by atoms with Gasteiger partial charge in [0.1, 0.15) is 5.69 Å². The number of nitrogens with zero attached hydrogens (tertiary/aromatic N) is 2. The zero-order valence-corrected chi connectivity index (χ0v) is 16.4. The first-order valence-corrected chi connectivity index (χ1v) is 9.20. The molecule has 1 aromatic heterocycles. The van der Waals surface area contributed by atoms with Gasteiger partial charge in [0.05, 0.1) is 16.4 Å². The molecule has 3 rings (SSSR count). The van der Waals surface area contributed by atoms with Gasteiger partial charge in [-0.05, 0) is 43.2 Å². The summed E-state index contributed by atoms with van der Waals surface area (Å²) >= 11 is 6.27. The number of amides is 1. The Kier molecular flexibility index (Phi) is 5.94. The third-order valence-electron chi connectivity index (χ3n) is 4.43. The SMILES string of the molecule is Cc1cc(C(=O)Nc2cc(CNC(C)c3ccccc3)ccc2Cl)n(C)n1. The molecule has 0 aliphatic rings. The average molecular weight is 383 g/mol. The second-order valence-electron chi connectivity index (χ2n) is 6.58. The summed E-state index contributed by atoms with van der Waals surface area (Å²) in [5.41, 5.74) is 4.14. The van der Waals surface area contributed by atoms with Crippen LogP contribution in [0.25, 0.3) is 0 Å². The van der Waals surface area contributed by atoms with E-state index < -0.39 is 0 Å². The molecule has 0 aliphatic heterocycles. The average Bonchev–Trinajstić information content (AvgIpc) is 3.01. The third-order valence-corrected chi connectivity index (χ3v) is 4.76. The molecule has 0 radical (unpaired) electrons. The van der Waals surface area contributed by atoms with Gasteiger partial charge < -0.3 is 10.6 Å². The van der Waals surface area contributed by atoms with Gasteiger partial charge in [0.2, 0.25) is 0 Å². The molecule has 27 heavy (non-hydrogen) atoms. The minimum atomic E-state index is -0.234. The van der Waals surface area contributed by atoms with Crippen molar-refractivity contribution < 1.29 is 4.79 Å². The maximum Gasteiger partial charge on any atom is 0.273 e. The lowest BCUT2D eigenvalue weighted by Crippen LogP contribution is -2.19. The minimum absolute atomic E-state index is 0.220. The van der Waals surface area contributed by atoms with Crippen molar-refractivity contribution in [3.05, 3.63) is 82.1 Å². The molecule has 5 nitrogen and oxygen atoms in total. The Morgan fingerprint density at radius 2 is 1.93 bits per heavy atom. The molecule has 6 heteroatoms. The van der Waals surface area contributed by atoms with Crippen LogP contribution in [0, 0.1) is 6.92 Å². The molecule has 0 spiro atoms. The van der Waals surface area contributed by atoms with E-state index in [1.807, 2.05) is 37.3 Å². The van der Waals surface area contributed by atoms with Crippen molar-refractivity contribution in [1.29, 1.82) is 0 Å². The maximum absolute atomic E-state index is 12.5. The zero-order valence-electron chi connectivity index (χ0n) is 15.7. The number of aromatic nitrogens is 2. The van der Waals surface area contributed by atoms with E-state index in [4.69, 9.17) is 11.6 Å². The number of hydrogen-bond acceptors (Lipinski definition) is 3.